The summed E-state index contributed by atoms with van der Waals surface area (Å²) in [6.45, 7) is 3.34. The maximum absolute atomic E-state index is 2.27. The highest BCUT2D eigenvalue weighted by Crippen LogP contribution is 1.93. The molecule has 0 aromatic heterocycles. The van der Waals surface area contributed by atoms with Crippen LogP contribution in [0.2, 0.25) is 0 Å². The quantitative estimate of drug-likeness (QED) is 0.384. The molecule has 0 aliphatic heterocycles. The van der Waals surface area contributed by atoms with Crippen LogP contribution in [-0.4, -0.2) is 32.2 Å². The van der Waals surface area contributed by atoms with E-state index in [4.69, 9.17) is 0 Å². The van der Waals surface area contributed by atoms with Gasteiger partial charge in [0, 0.05) is 0 Å². The minimum atomic E-state index is 0. The molecule has 0 heterocycles. The van der Waals surface area contributed by atoms with Crippen molar-refractivity contribution in [2.75, 3.05) is 27.7 Å². The van der Waals surface area contributed by atoms with Crippen molar-refractivity contribution in [2.45, 2.75) is 19.8 Å². The Balaban J connectivity index is 0. The fraction of sp³-hybridized carbons (Fsp3) is 0.778. The Morgan fingerprint density at radius 3 is 2.00 bits per heavy atom. The molecule has 0 aromatic rings. The molecule has 0 aromatic carbocycles. The third-order valence-corrected chi connectivity index (χ3v) is 1.28. The molecule has 0 amide bonds. The highest BCUT2D eigenvalue weighted by molar-refractivity contribution is 4.80. The van der Waals surface area contributed by atoms with Gasteiger partial charge < -0.3 is 16.9 Å². The van der Waals surface area contributed by atoms with E-state index in [-0.39, 0.29) is 12.4 Å². The molecule has 0 N–H and O–H groups in total. The number of unbranched alkanes of at least 4 members (excludes halogenated alkanes) is 1. The van der Waals surface area contributed by atoms with E-state index in [0.29, 0.717) is 0 Å². The van der Waals surface area contributed by atoms with Crippen LogP contribution in [0.25, 0.3) is 0 Å². The van der Waals surface area contributed by atoms with E-state index in [2.05, 4.69) is 40.2 Å². The van der Waals surface area contributed by atoms with E-state index in [1.165, 1.54) is 12.8 Å². The molecule has 0 saturated carbocycles. The van der Waals surface area contributed by atoms with Crippen LogP contribution in [0.3, 0.4) is 0 Å². The molecule has 0 radical (unpaired) electrons. The van der Waals surface area contributed by atoms with Gasteiger partial charge in [-0.2, -0.15) is 0 Å². The van der Waals surface area contributed by atoms with Crippen LogP contribution >= 0.6 is 0 Å². The highest BCUT2D eigenvalue weighted by Gasteiger charge is 2.00. The Morgan fingerprint density at radius 2 is 1.64 bits per heavy atom. The maximum Gasteiger partial charge on any atom is 0.0967 e. The maximum atomic E-state index is 2.27. The first-order chi connectivity index (χ1) is 4.56. The van der Waals surface area contributed by atoms with Gasteiger partial charge in [0.25, 0.3) is 0 Å². The molecule has 11 heavy (non-hydrogen) atoms. The van der Waals surface area contributed by atoms with Gasteiger partial charge in [-0.3, -0.25) is 0 Å². The van der Waals surface area contributed by atoms with Gasteiger partial charge in [-0.25, -0.2) is 0 Å². The van der Waals surface area contributed by atoms with Crippen molar-refractivity contribution in [3.63, 3.8) is 0 Å². The minimum Gasteiger partial charge on any atom is -1.00 e. The molecule has 0 aliphatic carbocycles. The first kappa shape index (κ1) is 13.6. The summed E-state index contributed by atoms with van der Waals surface area (Å²) in [6, 6.07) is 0. The number of quaternary nitrogens is 1. The van der Waals surface area contributed by atoms with Crippen LogP contribution in [0.4, 0.5) is 0 Å². The summed E-state index contributed by atoms with van der Waals surface area (Å²) in [6.07, 6.45) is 7.01. The summed E-state index contributed by atoms with van der Waals surface area (Å²) in [5.74, 6) is 0. The first-order valence-corrected chi connectivity index (χ1v) is 4.01. The summed E-state index contributed by atoms with van der Waals surface area (Å²) in [5, 5.41) is 0. The van der Waals surface area contributed by atoms with Crippen LogP contribution < -0.4 is 12.4 Å². The zero-order valence-corrected chi connectivity index (χ0v) is 8.86. The van der Waals surface area contributed by atoms with Crippen LogP contribution in [0.5, 0.6) is 0 Å². The summed E-state index contributed by atoms with van der Waals surface area (Å²) in [7, 11) is 6.61. The summed E-state index contributed by atoms with van der Waals surface area (Å²) < 4.78 is 1.03. The molecular formula is C9H20ClN. The van der Waals surface area contributed by atoms with Crippen molar-refractivity contribution >= 4 is 0 Å². The third kappa shape index (κ3) is 13.1. The van der Waals surface area contributed by atoms with Crippen molar-refractivity contribution in [1.29, 1.82) is 0 Å². The molecular weight excluding hydrogens is 158 g/mol. The van der Waals surface area contributed by atoms with Gasteiger partial charge in [-0.05, 0) is 12.5 Å². The van der Waals surface area contributed by atoms with Gasteiger partial charge in [-0.1, -0.05) is 19.4 Å². The molecule has 2 heteroatoms. The zero-order valence-electron chi connectivity index (χ0n) is 8.10. The number of halogens is 1. The molecule has 68 valence electrons. The van der Waals surface area contributed by atoms with Crippen LogP contribution in [0.15, 0.2) is 12.2 Å². The van der Waals surface area contributed by atoms with Crippen molar-refractivity contribution < 1.29 is 16.9 Å². The van der Waals surface area contributed by atoms with E-state index < -0.39 is 0 Å². The van der Waals surface area contributed by atoms with Gasteiger partial charge >= 0.3 is 0 Å². The lowest BCUT2D eigenvalue weighted by atomic mass is 10.3. The van der Waals surface area contributed by atoms with E-state index in [1.807, 2.05) is 0 Å². The molecule has 0 atom stereocenters. The molecule has 1 nitrogen and oxygen atoms in total. The Bertz CT molecular complexity index is 103. The fourth-order valence-electron chi connectivity index (χ4n) is 0.675. The Morgan fingerprint density at radius 1 is 1.09 bits per heavy atom. The van der Waals surface area contributed by atoms with Gasteiger partial charge in [0.15, 0.2) is 0 Å². The van der Waals surface area contributed by atoms with Gasteiger partial charge in [0.1, 0.15) is 0 Å². The Kier molecular flexibility index (Phi) is 8.25. The number of allylic oxidation sites excluding steroid dienone is 1. The molecule has 0 rings (SSSR count). The topological polar surface area (TPSA) is 0 Å². The molecule has 0 unspecified atom stereocenters. The minimum absolute atomic E-state index is 0. The molecule has 0 spiro atoms. The lowest BCUT2D eigenvalue weighted by Crippen LogP contribution is -3.00. The van der Waals surface area contributed by atoms with E-state index in [9.17, 15) is 0 Å². The van der Waals surface area contributed by atoms with Gasteiger partial charge in [0.05, 0.1) is 27.7 Å². The molecule has 0 fully saturated rings. The largest absolute Gasteiger partial charge is 1.00 e. The number of nitrogens with zero attached hydrogens (tertiary/aromatic N) is 1. The average molecular weight is 178 g/mol. The number of hydrogen-bond donors (Lipinski definition) is 0. The SMILES string of the molecule is CCC/C=C/C[N+](C)(C)C.[Cl-]. The van der Waals surface area contributed by atoms with Crippen LogP contribution in [0.1, 0.15) is 19.8 Å². The molecule has 0 aliphatic rings. The lowest BCUT2D eigenvalue weighted by Gasteiger charge is -2.21. The predicted molar refractivity (Wildman–Crippen MR) is 46.9 cm³/mol. The van der Waals surface area contributed by atoms with Crippen molar-refractivity contribution in [2.24, 2.45) is 0 Å². The molecule has 0 bridgehead atoms. The lowest BCUT2D eigenvalue weighted by molar-refractivity contribution is -0.864. The second kappa shape index (κ2) is 6.68. The molecule has 0 saturated heterocycles. The van der Waals surface area contributed by atoms with Crippen LogP contribution in [0, 0.1) is 0 Å². The Hall–Kier alpha value is -0.0100. The van der Waals surface area contributed by atoms with Gasteiger partial charge in [0.2, 0.25) is 0 Å². The number of likely N-dealkylation sites (N-methyl/N-ethyl adjacent to an activating group) is 1. The highest BCUT2D eigenvalue weighted by atomic mass is 35.5. The summed E-state index contributed by atoms with van der Waals surface area (Å²) in [5.41, 5.74) is 0. The summed E-state index contributed by atoms with van der Waals surface area (Å²) in [4.78, 5) is 0. The first-order valence-electron chi connectivity index (χ1n) is 4.01. The normalized spacial score (nSPS) is 11.6. The van der Waals surface area contributed by atoms with E-state index in [1.54, 1.807) is 0 Å². The summed E-state index contributed by atoms with van der Waals surface area (Å²) >= 11 is 0. The monoisotopic (exact) mass is 177 g/mol. The predicted octanol–water partition coefficient (Wildman–Crippen LogP) is -0.947. The second-order valence-electron chi connectivity index (χ2n) is 3.73. The zero-order chi connectivity index (χ0) is 8.04. The fourth-order valence-corrected chi connectivity index (χ4v) is 0.675. The Labute approximate surface area is 77.1 Å². The van der Waals surface area contributed by atoms with Crippen molar-refractivity contribution in [3.05, 3.63) is 12.2 Å². The standard InChI is InChI=1S/C9H20N.ClH/c1-5-6-7-8-9-10(2,3)4;/h7-8H,5-6,9H2,1-4H3;1H/q+1;/p-1/b8-7+;. The average Bonchev–Trinajstić information content (AvgIpc) is 1.78. The number of rotatable bonds is 4. The smallest absolute Gasteiger partial charge is 0.0967 e. The number of hydrogen-bond acceptors (Lipinski definition) is 0. The third-order valence-electron chi connectivity index (χ3n) is 1.28. The van der Waals surface area contributed by atoms with Gasteiger partial charge in [-0.15, -0.1) is 0 Å². The van der Waals surface area contributed by atoms with Crippen molar-refractivity contribution in [3.8, 4) is 0 Å². The second-order valence-corrected chi connectivity index (χ2v) is 3.73. The van der Waals surface area contributed by atoms with E-state index in [0.717, 1.165) is 11.0 Å². The van der Waals surface area contributed by atoms with E-state index >= 15 is 0 Å². The van der Waals surface area contributed by atoms with Crippen LogP contribution in [-0.2, 0) is 0 Å². The van der Waals surface area contributed by atoms with Crippen molar-refractivity contribution in [1.82, 2.24) is 0 Å².